The van der Waals surface area contributed by atoms with E-state index in [1.54, 1.807) is 31.2 Å². The second kappa shape index (κ2) is 7.44. The third kappa shape index (κ3) is 3.26. The maximum Gasteiger partial charge on any atom is 0.338 e. The highest BCUT2D eigenvalue weighted by Crippen LogP contribution is 2.45. The molecule has 0 aliphatic carbocycles. The van der Waals surface area contributed by atoms with Gasteiger partial charge in [-0.1, -0.05) is 12.2 Å². The Morgan fingerprint density at radius 1 is 1.25 bits per heavy atom. The van der Waals surface area contributed by atoms with Crippen molar-refractivity contribution >= 4 is 17.9 Å². The average molecular weight is 336 g/mol. The highest BCUT2D eigenvalue weighted by Gasteiger charge is 2.53. The van der Waals surface area contributed by atoms with E-state index in [0.29, 0.717) is 13.0 Å². The molecule has 0 aromatic carbocycles. The molecule has 0 amide bonds. The fraction of sp³-hybridized carbons (Fsp3) is 0.471. The summed E-state index contributed by atoms with van der Waals surface area (Å²) in [5.41, 5.74) is -0.922. The van der Waals surface area contributed by atoms with Gasteiger partial charge in [0.15, 0.2) is 0 Å². The molecule has 2 atom stereocenters. The summed E-state index contributed by atoms with van der Waals surface area (Å²) in [6, 6.07) is 0. The quantitative estimate of drug-likeness (QED) is 0.392. The van der Waals surface area contributed by atoms with Gasteiger partial charge in [-0.15, -0.1) is 0 Å². The molecule has 0 fully saturated rings. The number of fused-ring (bicyclic) bond motifs is 2. The van der Waals surface area contributed by atoms with Crippen LogP contribution in [-0.4, -0.2) is 50.4 Å². The summed E-state index contributed by atoms with van der Waals surface area (Å²) in [5, 5.41) is 0. The van der Waals surface area contributed by atoms with Crippen LogP contribution in [0.25, 0.3) is 0 Å². The zero-order valence-corrected chi connectivity index (χ0v) is 13.9. The van der Waals surface area contributed by atoms with Crippen molar-refractivity contribution in [1.29, 1.82) is 0 Å². The lowest BCUT2D eigenvalue weighted by molar-refractivity contribution is -0.143. The van der Waals surface area contributed by atoms with Crippen molar-refractivity contribution in [2.45, 2.75) is 31.5 Å². The Morgan fingerprint density at radius 3 is 2.58 bits per heavy atom. The molecular weight excluding hydrogens is 316 g/mol. The van der Waals surface area contributed by atoms with E-state index >= 15 is 0 Å². The predicted octanol–water partition coefficient (Wildman–Crippen LogP) is 1.24. The largest absolute Gasteiger partial charge is 0.466 e. The lowest BCUT2D eigenvalue weighted by Gasteiger charge is -2.21. The number of hydrogen-bond acceptors (Lipinski definition) is 7. The number of rotatable bonds is 7. The second-order valence-corrected chi connectivity index (χ2v) is 5.21. The minimum Gasteiger partial charge on any atom is -0.466 e. The van der Waals surface area contributed by atoms with E-state index in [2.05, 4.69) is 0 Å². The Balaban J connectivity index is 2.22. The van der Waals surface area contributed by atoms with Crippen molar-refractivity contribution in [2.24, 2.45) is 0 Å². The Hall–Kier alpha value is -2.41. The summed E-state index contributed by atoms with van der Waals surface area (Å²) in [6.45, 7) is 2.07. The van der Waals surface area contributed by atoms with E-state index in [9.17, 15) is 14.4 Å². The van der Waals surface area contributed by atoms with Crippen LogP contribution in [0.5, 0.6) is 0 Å². The maximum absolute atomic E-state index is 12.2. The smallest absolute Gasteiger partial charge is 0.338 e. The van der Waals surface area contributed by atoms with Gasteiger partial charge in [-0.05, 0) is 25.5 Å². The number of ether oxygens (including phenoxy) is 4. The first kappa shape index (κ1) is 17.9. The van der Waals surface area contributed by atoms with Gasteiger partial charge in [-0.2, -0.15) is 0 Å². The Kier molecular flexibility index (Phi) is 5.56. The first-order valence-corrected chi connectivity index (χ1v) is 7.60. The minimum atomic E-state index is -1.17. The van der Waals surface area contributed by atoms with E-state index < -0.39 is 23.6 Å². The standard InChI is InChI=1S/C17H20O7/c1-4-23-12(18)7-5-6-9-17-10-8-11(24-17)13(15(19)21-2)14(17)16(20)22-3/h6,8-11H,4-5,7H2,1-3H3/b9-6-/t11-,17+/m1/s1. The molecule has 7 nitrogen and oxygen atoms in total. The van der Waals surface area contributed by atoms with Crippen molar-refractivity contribution in [3.05, 3.63) is 35.5 Å². The van der Waals surface area contributed by atoms with E-state index in [0.717, 1.165) is 0 Å². The third-order valence-corrected chi connectivity index (χ3v) is 3.77. The Bertz CT molecular complexity index is 629. The van der Waals surface area contributed by atoms with Crippen LogP contribution in [0, 0.1) is 0 Å². The van der Waals surface area contributed by atoms with Gasteiger partial charge in [0.25, 0.3) is 0 Å². The van der Waals surface area contributed by atoms with Crippen molar-refractivity contribution < 1.29 is 33.3 Å². The van der Waals surface area contributed by atoms with Gasteiger partial charge in [0.1, 0.15) is 11.7 Å². The average Bonchev–Trinajstić information content (AvgIpc) is 3.14. The fourth-order valence-electron chi connectivity index (χ4n) is 2.74. The summed E-state index contributed by atoms with van der Waals surface area (Å²) in [6.07, 6.45) is 6.73. The maximum atomic E-state index is 12.2. The van der Waals surface area contributed by atoms with E-state index in [4.69, 9.17) is 18.9 Å². The van der Waals surface area contributed by atoms with Gasteiger partial charge in [-0.3, -0.25) is 4.79 Å². The zero-order valence-electron chi connectivity index (χ0n) is 13.9. The topological polar surface area (TPSA) is 88.1 Å². The van der Waals surface area contributed by atoms with Gasteiger partial charge >= 0.3 is 17.9 Å². The van der Waals surface area contributed by atoms with Gasteiger partial charge in [0.2, 0.25) is 0 Å². The van der Waals surface area contributed by atoms with Crippen LogP contribution in [-0.2, 0) is 33.3 Å². The van der Waals surface area contributed by atoms with Crippen LogP contribution in [0.15, 0.2) is 35.5 Å². The zero-order chi connectivity index (χ0) is 17.7. The van der Waals surface area contributed by atoms with Gasteiger partial charge < -0.3 is 18.9 Å². The highest BCUT2D eigenvalue weighted by molar-refractivity contribution is 6.05. The Morgan fingerprint density at radius 2 is 1.96 bits per heavy atom. The van der Waals surface area contributed by atoms with Crippen LogP contribution in [0.3, 0.4) is 0 Å². The second-order valence-electron chi connectivity index (χ2n) is 5.21. The molecular formula is C17H20O7. The number of hydrogen-bond donors (Lipinski definition) is 0. The van der Waals surface area contributed by atoms with Crippen LogP contribution < -0.4 is 0 Å². The van der Waals surface area contributed by atoms with E-state index in [1.807, 2.05) is 0 Å². The van der Waals surface area contributed by atoms with Crippen molar-refractivity contribution in [1.82, 2.24) is 0 Å². The van der Waals surface area contributed by atoms with Crippen LogP contribution in [0.4, 0.5) is 0 Å². The molecule has 7 heteroatoms. The number of carbonyl (C=O) groups excluding carboxylic acids is 3. The molecule has 130 valence electrons. The van der Waals surface area contributed by atoms with Crippen LogP contribution in [0.1, 0.15) is 19.8 Å². The predicted molar refractivity (Wildman–Crippen MR) is 82.8 cm³/mol. The molecule has 2 aliphatic rings. The lowest BCUT2D eigenvalue weighted by atomic mass is 9.86. The van der Waals surface area contributed by atoms with E-state index in [-0.39, 0.29) is 23.5 Å². The van der Waals surface area contributed by atoms with Crippen molar-refractivity contribution in [3.63, 3.8) is 0 Å². The van der Waals surface area contributed by atoms with Crippen molar-refractivity contribution in [2.75, 3.05) is 20.8 Å². The monoisotopic (exact) mass is 336 g/mol. The van der Waals surface area contributed by atoms with Crippen LogP contribution >= 0.6 is 0 Å². The third-order valence-electron chi connectivity index (χ3n) is 3.77. The molecule has 2 rings (SSSR count). The summed E-state index contributed by atoms with van der Waals surface area (Å²) in [5.74, 6) is -1.59. The van der Waals surface area contributed by atoms with Gasteiger partial charge in [0, 0.05) is 6.42 Å². The molecule has 24 heavy (non-hydrogen) atoms. The summed E-state index contributed by atoms with van der Waals surface area (Å²) in [7, 11) is 2.47. The molecule has 0 radical (unpaired) electrons. The molecule has 2 aliphatic heterocycles. The molecule has 0 spiro atoms. The molecule has 0 aromatic rings. The summed E-state index contributed by atoms with van der Waals surface area (Å²) >= 11 is 0. The fourth-order valence-corrected chi connectivity index (χ4v) is 2.74. The SMILES string of the molecule is CCOC(=O)CC/C=C\[C@@]12C=C[C@@H](O1)C(C(=O)OC)=C2C(=O)OC. The summed E-state index contributed by atoms with van der Waals surface area (Å²) < 4.78 is 20.2. The number of esters is 3. The minimum absolute atomic E-state index is 0.108. The summed E-state index contributed by atoms with van der Waals surface area (Å²) in [4.78, 5) is 35.5. The number of allylic oxidation sites excluding steroid dienone is 1. The first-order valence-electron chi connectivity index (χ1n) is 7.60. The van der Waals surface area contributed by atoms with Crippen molar-refractivity contribution in [3.8, 4) is 0 Å². The van der Waals surface area contributed by atoms with Gasteiger partial charge in [-0.25, -0.2) is 9.59 Å². The molecule has 0 saturated heterocycles. The lowest BCUT2D eigenvalue weighted by Crippen LogP contribution is -2.30. The first-order chi connectivity index (χ1) is 11.5. The molecule has 2 heterocycles. The highest BCUT2D eigenvalue weighted by atomic mass is 16.6. The molecule has 0 unspecified atom stereocenters. The Labute approximate surface area is 139 Å². The van der Waals surface area contributed by atoms with E-state index in [1.165, 1.54) is 14.2 Å². The number of methoxy groups -OCH3 is 2. The molecule has 0 N–H and O–H groups in total. The molecule has 0 saturated carbocycles. The normalized spacial score (nSPS) is 24.5. The van der Waals surface area contributed by atoms with Crippen LogP contribution in [0.2, 0.25) is 0 Å². The number of carbonyl (C=O) groups is 3. The van der Waals surface area contributed by atoms with Gasteiger partial charge in [0.05, 0.1) is 32.0 Å². The molecule has 0 aromatic heterocycles. The molecule has 2 bridgehead atoms.